The fraction of sp³-hybridized carbons (Fsp3) is 0.235. The second-order valence-electron chi connectivity index (χ2n) is 6.00. The monoisotopic (exact) mass is 427 g/mol. The Bertz CT molecular complexity index is 1110. The van der Waals surface area contributed by atoms with Crippen LogP contribution in [0.5, 0.6) is 0 Å². The maximum atomic E-state index is 12.8. The van der Waals surface area contributed by atoms with Crippen molar-refractivity contribution in [2.45, 2.75) is 20.0 Å². The molecule has 0 saturated heterocycles. The Labute approximate surface area is 166 Å². The lowest BCUT2D eigenvalue weighted by molar-refractivity contribution is -0.137. The Morgan fingerprint density at radius 1 is 1.21 bits per heavy atom. The molecule has 12 heteroatoms. The number of hydrogen-bond acceptors (Lipinski definition) is 6. The lowest BCUT2D eigenvalue weighted by atomic mass is 10.2. The summed E-state index contributed by atoms with van der Waals surface area (Å²) in [4.78, 5) is 32.1. The molecule has 3 rings (SSSR count). The van der Waals surface area contributed by atoms with Crippen LogP contribution in [0.2, 0.25) is 5.02 Å². The van der Waals surface area contributed by atoms with Crippen molar-refractivity contribution in [2.24, 2.45) is 0 Å². The molecule has 0 bridgehead atoms. The maximum absolute atomic E-state index is 12.8. The highest BCUT2D eigenvalue weighted by molar-refractivity contribution is 6.33. The van der Waals surface area contributed by atoms with E-state index in [1.165, 1.54) is 4.52 Å². The first-order chi connectivity index (χ1) is 13.5. The average molecular weight is 428 g/mol. The number of esters is 1. The van der Waals surface area contributed by atoms with Crippen molar-refractivity contribution in [3.63, 3.8) is 0 Å². The van der Waals surface area contributed by atoms with Gasteiger partial charge in [0.2, 0.25) is 0 Å². The van der Waals surface area contributed by atoms with Crippen LogP contribution in [0.4, 0.5) is 18.9 Å². The third-order valence-corrected chi connectivity index (χ3v) is 4.03. The number of benzene rings is 1. The SMILES string of the molecule is Cc1cc(C)n2nc(C(=O)OCC(=O)Nc3cc(C(F)(F)F)ccc3Cl)nc2n1. The van der Waals surface area contributed by atoms with Crippen LogP contribution < -0.4 is 5.32 Å². The summed E-state index contributed by atoms with van der Waals surface area (Å²) in [6.07, 6.45) is -4.60. The highest BCUT2D eigenvalue weighted by Crippen LogP contribution is 2.33. The van der Waals surface area contributed by atoms with E-state index in [1.54, 1.807) is 19.9 Å². The van der Waals surface area contributed by atoms with Crippen molar-refractivity contribution < 1.29 is 27.5 Å². The Balaban J connectivity index is 1.67. The zero-order valence-corrected chi connectivity index (χ0v) is 15.8. The van der Waals surface area contributed by atoms with Crippen LogP contribution in [0.25, 0.3) is 5.78 Å². The van der Waals surface area contributed by atoms with Gasteiger partial charge in [0.25, 0.3) is 17.5 Å². The molecule has 1 N–H and O–H groups in total. The van der Waals surface area contributed by atoms with Crippen LogP contribution in [0.1, 0.15) is 27.6 Å². The molecule has 29 heavy (non-hydrogen) atoms. The molecule has 1 aromatic carbocycles. The quantitative estimate of drug-likeness (QED) is 0.642. The Kier molecular flexibility index (Phi) is 5.42. The molecule has 2 aromatic heterocycles. The van der Waals surface area contributed by atoms with Gasteiger partial charge < -0.3 is 10.1 Å². The Hall–Kier alpha value is -3.21. The minimum Gasteiger partial charge on any atom is -0.450 e. The number of ether oxygens (including phenoxy) is 1. The number of amides is 1. The van der Waals surface area contributed by atoms with Gasteiger partial charge in [0.05, 0.1) is 16.3 Å². The van der Waals surface area contributed by atoms with Crippen molar-refractivity contribution >= 4 is 34.9 Å². The molecule has 0 spiro atoms. The van der Waals surface area contributed by atoms with Gasteiger partial charge in [0.15, 0.2) is 6.61 Å². The van der Waals surface area contributed by atoms with Crippen molar-refractivity contribution in [1.29, 1.82) is 0 Å². The average Bonchev–Trinajstić information content (AvgIpc) is 3.05. The van der Waals surface area contributed by atoms with E-state index < -0.39 is 30.2 Å². The predicted molar refractivity (Wildman–Crippen MR) is 95.6 cm³/mol. The number of rotatable bonds is 4. The van der Waals surface area contributed by atoms with Gasteiger partial charge in [0.1, 0.15) is 0 Å². The number of fused-ring (bicyclic) bond motifs is 1. The van der Waals surface area contributed by atoms with E-state index in [0.29, 0.717) is 17.5 Å². The molecular weight excluding hydrogens is 415 g/mol. The number of nitrogens with one attached hydrogen (secondary N) is 1. The minimum atomic E-state index is -4.60. The molecule has 0 atom stereocenters. The van der Waals surface area contributed by atoms with E-state index in [1.807, 2.05) is 0 Å². The topological polar surface area (TPSA) is 98.5 Å². The highest BCUT2D eigenvalue weighted by atomic mass is 35.5. The molecule has 0 radical (unpaired) electrons. The van der Waals surface area contributed by atoms with Gasteiger partial charge in [-0.1, -0.05) is 11.6 Å². The van der Waals surface area contributed by atoms with Gasteiger partial charge in [-0.15, -0.1) is 5.10 Å². The predicted octanol–water partition coefficient (Wildman–Crippen LogP) is 3.21. The largest absolute Gasteiger partial charge is 0.450 e. The molecule has 0 aliphatic carbocycles. The fourth-order valence-corrected chi connectivity index (χ4v) is 2.60. The molecule has 152 valence electrons. The third-order valence-electron chi connectivity index (χ3n) is 3.70. The van der Waals surface area contributed by atoms with Crippen molar-refractivity contribution in [2.75, 3.05) is 11.9 Å². The summed E-state index contributed by atoms with van der Waals surface area (Å²) >= 11 is 5.80. The van der Waals surface area contributed by atoms with E-state index in [2.05, 4.69) is 20.4 Å². The van der Waals surface area contributed by atoms with Crippen LogP contribution in [0, 0.1) is 13.8 Å². The first kappa shape index (κ1) is 20.5. The van der Waals surface area contributed by atoms with Gasteiger partial charge in [-0.2, -0.15) is 18.2 Å². The zero-order chi connectivity index (χ0) is 21.3. The van der Waals surface area contributed by atoms with Crippen molar-refractivity contribution in [3.8, 4) is 0 Å². The second-order valence-corrected chi connectivity index (χ2v) is 6.41. The number of carbonyl (C=O) groups is 2. The molecule has 0 fully saturated rings. The third kappa shape index (κ3) is 4.62. The number of anilines is 1. The van der Waals surface area contributed by atoms with E-state index in [4.69, 9.17) is 16.3 Å². The summed E-state index contributed by atoms with van der Waals surface area (Å²) in [5.74, 6) is -1.99. The number of halogens is 4. The molecule has 0 aliphatic rings. The van der Waals surface area contributed by atoms with Gasteiger partial charge in [0, 0.05) is 11.4 Å². The maximum Gasteiger partial charge on any atom is 0.416 e. The van der Waals surface area contributed by atoms with Gasteiger partial charge in [-0.05, 0) is 38.1 Å². The zero-order valence-electron chi connectivity index (χ0n) is 15.0. The summed E-state index contributed by atoms with van der Waals surface area (Å²) in [5, 5.41) is 6.02. The lowest BCUT2D eigenvalue weighted by Crippen LogP contribution is -2.22. The molecular formula is C17H13ClF3N5O3. The highest BCUT2D eigenvalue weighted by Gasteiger charge is 2.31. The Morgan fingerprint density at radius 3 is 2.62 bits per heavy atom. The van der Waals surface area contributed by atoms with Crippen LogP contribution in [0.15, 0.2) is 24.3 Å². The summed E-state index contributed by atoms with van der Waals surface area (Å²) in [5.41, 5.74) is 0.126. The second kappa shape index (κ2) is 7.66. The molecule has 0 unspecified atom stereocenters. The number of hydrogen-bond donors (Lipinski definition) is 1. The van der Waals surface area contributed by atoms with E-state index in [0.717, 1.165) is 12.1 Å². The Morgan fingerprint density at radius 2 is 1.93 bits per heavy atom. The van der Waals surface area contributed by atoms with E-state index in [9.17, 15) is 22.8 Å². The summed E-state index contributed by atoms with van der Waals surface area (Å²) in [6.45, 7) is 2.73. The van der Waals surface area contributed by atoms with Gasteiger partial charge >= 0.3 is 12.1 Å². The van der Waals surface area contributed by atoms with Crippen LogP contribution in [0.3, 0.4) is 0 Å². The summed E-state index contributed by atoms with van der Waals surface area (Å²) in [6, 6.07) is 4.21. The van der Waals surface area contributed by atoms with E-state index >= 15 is 0 Å². The molecule has 0 saturated carbocycles. The molecule has 3 aromatic rings. The summed E-state index contributed by atoms with van der Waals surface area (Å²) < 4.78 is 44.5. The lowest BCUT2D eigenvalue weighted by Gasteiger charge is -2.11. The smallest absolute Gasteiger partial charge is 0.416 e. The van der Waals surface area contributed by atoms with Gasteiger partial charge in [-0.25, -0.2) is 14.3 Å². The number of carbonyl (C=O) groups excluding carboxylic acids is 2. The molecule has 8 nitrogen and oxygen atoms in total. The van der Waals surface area contributed by atoms with Crippen LogP contribution in [-0.4, -0.2) is 38.1 Å². The van der Waals surface area contributed by atoms with Crippen LogP contribution in [-0.2, 0) is 15.7 Å². The summed E-state index contributed by atoms with van der Waals surface area (Å²) in [7, 11) is 0. The van der Waals surface area contributed by atoms with Crippen molar-refractivity contribution in [3.05, 3.63) is 52.1 Å². The molecule has 1 amide bonds. The van der Waals surface area contributed by atoms with Gasteiger partial charge in [-0.3, -0.25) is 4.79 Å². The number of nitrogens with zero attached hydrogens (tertiary/aromatic N) is 4. The number of alkyl halides is 3. The number of aryl methyl sites for hydroxylation is 2. The molecule has 0 aliphatic heterocycles. The first-order valence-electron chi connectivity index (χ1n) is 8.09. The molecule has 2 heterocycles. The van der Waals surface area contributed by atoms with Crippen molar-refractivity contribution in [1.82, 2.24) is 19.6 Å². The van der Waals surface area contributed by atoms with E-state index in [-0.39, 0.29) is 22.3 Å². The fourth-order valence-electron chi connectivity index (χ4n) is 2.43. The van der Waals surface area contributed by atoms with Crippen LogP contribution >= 0.6 is 11.6 Å². The normalized spacial score (nSPS) is 11.5. The minimum absolute atomic E-state index is 0.100. The number of aromatic nitrogens is 4. The standard InChI is InChI=1S/C17H13ClF3N5O3/c1-8-5-9(2)26-16(22-8)24-14(25-26)15(28)29-7-13(27)23-12-6-10(17(19,20)21)3-4-11(12)18/h3-6H,7H2,1-2H3,(H,23,27). The first-order valence-corrected chi connectivity index (χ1v) is 8.47.